The van der Waals surface area contributed by atoms with Crippen LogP contribution in [0.15, 0.2) is 48.5 Å². The van der Waals surface area contributed by atoms with Crippen LogP contribution in [0.2, 0.25) is 0 Å². The van der Waals surface area contributed by atoms with Gasteiger partial charge in [-0.25, -0.2) is 4.39 Å². The van der Waals surface area contributed by atoms with Crippen LogP contribution >= 0.6 is 0 Å². The molecular weight excluding hydrogens is 373 g/mol. The van der Waals surface area contributed by atoms with Crippen molar-refractivity contribution in [3.05, 3.63) is 65.5 Å². The lowest BCUT2D eigenvalue weighted by Gasteiger charge is -2.28. The van der Waals surface area contributed by atoms with Crippen molar-refractivity contribution >= 4 is 17.7 Å². The van der Waals surface area contributed by atoms with Crippen LogP contribution in [0.4, 0.5) is 4.39 Å². The molecule has 0 aromatic heterocycles. The number of hydrogen-bond donors (Lipinski definition) is 0. The van der Waals surface area contributed by atoms with Crippen molar-refractivity contribution in [3.63, 3.8) is 0 Å². The zero-order valence-electron chi connectivity index (χ0n) is 16.6. The highest BCUT2D eigenvalue weighted by Gasteiger charge is 2.88. The molecule has 0 saturated heterocycles. The number of hydrogen-bond acceptors (Lipinski definition) is 4. The van der Waals surface area contributed by atoms with Crippen LogP contribution in [0.1, 0.15) is 42.6 Å². The molecule has 1 saturated carbocycles. The summed E-state index contributed by atoms with van der Waals surface area (Å²) in [4.78, 5) is 41.9. The Kier molecular flexibility index (Phi) is 4.33. The number of fused-ring (bicyclic) bond motifs is 3. The number of ether oxygens (including phenoxy) is 1. The maximum atomic E-state index is 13.6. The number of nitrogens with zero attached hydrogens (tertiary/aromatic N) is 1. The van der Waals surface area contributed by atoms with Gasteiger partial charge in [-0.3, -0.25) is 14.4 Å². The van der Waals surface area contributed by atoms with Crippen molar-refractivity contribution in [2.45, 2.75) is 26.7 Å². The second kappa shape index (κ2) is 6.51. The predicted molar refractivity (Wildman–Crippen MR) is 104 cm³/mol. The zero-order chi connectivity index (χ0) is 21.0. The van der Waals surface area contributed by atoms with Crippen LogP contribution < -0.4 is 4.74 Å². The summed E-state index contributed by atoms with van der Waals surface area (Å²) >= 11 is 0. The molecule has 29 heavy (non-hydrogen) atoms. The molecule has 6 heteroatoms. The van der Waals surface area contributed by atoms with Crippen LogP contribution in [-0.4, -0.2) is 35.6 Å². The largest absolute Gasteiger partial charge is 0.425 e. The van der Waals surface area contributed by atoms with Crippen LogP contribution in [0, 0.1) is 16.6 Å². The van der Waals surface area contributed by atoms with E-state index < -0.39 is 34.4 Å². The number of amides is 1. The zero-order valence-corrected chi connectivity index (χ0v) is 16.6. The Morgan fingerprint density at radius 3 is 2.31 bits per heavy atom. The topological polar surface area (TPSA) is 63.7 Å². The van der Waals surface area contributed by atoms with E-state index in [4.69, 9.17) is 4.74 Å². The number of benzene rings is 2. The Bertz CT molecular complexity index is 1010. The number of carbonyl (C=O) groups excluding carboxylic acids is 3. The van der Waals surface area contributed by atoms with Gasteiger partial charge in [-0.1, -0.05) is 18.2 Å². The highest BCUT2D eigenvalue weighted by atomic mass is 19.1. The van der Waals surface area contributed by atoms with Gasteiger partial charge in [0, 0.05) is 30.1 Å². The average Bonchev–Trinajstić information content (AvgIpc) is 3.32. The summed E-state index contributed by atoms with van der Waals surface area (Å²) in [5, 5.41) is 0. The van der Waals surface area contributed by atoms with Crippen molar-refractivity contribution in [2.24, 2.45) is 10.8 Å². The molecule has 1 aliphatic carbocycles. The molecule has 1 fully saturated rings. The van der Waals surface area contributed by atoms with Gasteiger partial charge in [-0.15, -0.1) is 0 Å². The van der Waals surface area contributed by atoms with Gasteiger partial charge in [-0.05, 0) is 51.1 Å². The fourth-order valence-corrected chi connectivity index (χ4v) is 4.89. The third-order valence-corrected chi connectivity index (χ3v) is 6.47. The Hall–Kier alpha value is -3.02. The van der Waals surface area contributed by atoms with Gasteiger partial charge >= 0.3 is 5.97 Å². The molecule has 0 N–H and O–H groups in total. The third-order valence-electron chi connectivity index (χ3n) is 6.47. The number of rotatable bonds is 5. The van der Waals surface area contributed by atoms with Crippen molar-refractivity contribution in [3.8, 4) is 5.75 Å². The summed E-state index contributed by atoms with van der Waals surface area (Å²) in [5.41, 5.74) is -1.99. The Balaban J connectivity index is 1.90. The van der Waals surface area contributed by atoms with Gasteiger partial charge in [0.1, 0.15) is 11.6 Å². The minimum atomic E-state index is -1.61. The molecule has 150 valence electrons. The average molecular weight is 395 g/mol. The first-order valence-corrected chi connectivity index (χ1v) is 9.74. The second-order valence-electron chi connectivity index (χ2n) is 7.68. The summed E-state index contributed by atoms with van der Waals surface area (Å²) in [5.74, 6) is -2.17. The molecule has 0 unspecified atom stereocenters. The molecule has 1 amide bonds. The van der Waals surface area contributed by atoms with Crippen LogP contribution in [0.3, 0.4) is 0 Å². The van der Waals surface area contributed by atoms with Crippen LogP contribution in [0.25, 0.3) is 0 Å². The summed E-state index contributed by atoms with van der Waals surface area (Å²) in [6, 6.07) is 12.2. The quantitative estimate of drug-likeness (QED) is 0.336. The van der Waals surface area contributed by atoms with Crippen LogP contribution in [-0.2, 0) is 9.59 Å². The summed E-state index contributed by atoms with van der Waals surface area (Å²) in [6.45, 7) is 6.14. The number of Topliss-reactive ketones (excluding diaryl/α,β-unsaturated/α-hetero) is 1. The molecule has 2 aromatic rings. The monoisotopic (exact) mass is 395 g/mol. The first kappa shape index (κ1) is 19.3. The molecule has 0 radical (unpaired) electrons. The normalized spacial score (nSPS) is 26.8. The number of carbonyl (C=O) groups is 3. The molecule has 0 spiro atoms. The Morgan fingerprint density at radius 1 is 1.07 bits per heavy atom. The maximum absolute atomic E-state index is 13.6. The maximum Gasteiger partial charge on any atom is 0.328 e. The molecule has 1 aliphatic heterocycles. The van der Waals surface area contributed by atoms with E-state index in [1.807, 2.05) is 13.8 Å². The third kappa shape index (κ3) is 2.35. The Labute approximate surface area is 168 Å². The lowest BCUT2D eigenvalue weighted by atomic mass is 9.86. The molecule has 5 nitrogen and oxygen atoms in total. The van der Waals surface area contributed by atoms with E-state index >= 15 is 0 Å². The van der Waals surface area contributed by atoms with Crippen molar-refractivity contribution < 1.29 is 23.5 Å². The molecule has 4 rings (SSSR count). The predicted octanol–water partition coefficient (Wildman–Crippen LogP) is 3.59. The number of esters is 1. The standard InChI is InChI=1S/C23H22FNO4/c1-4-25(5-2)20(27)23-18(16-8-6-7-9-17(16)29-21(23)28)22(23,3)19(26)14-10-12-15(24)13-11-14/h6-13,18H,4-5H2,1-3H3/t18-,22-,23-/m0/s1. The summed E-state index contributed by atoms with van der Waals surface area (Å²) in [6.07, 6.45) is 0. The lowest BCUT2D eigenvalue weighted by molar-refractivity contribution is -0.154. The molecule has 3 atom stereocenters. The molecule has 0 bridgehead atoms. The minimum Gasteiger partial charge on any atom is -0.425 e. The van der Waals surface area contributed by atoms with E-state index in [1.165, 1.54) is 24.3 Å². The van der Waals surface area contributed by atoms with E-state index in [-0.39, 0.29) is 11.3 Å². The van der Waals surface area contributed by atoms with E-state index in [1.54, 1.807) is 36.1 Å². The van der Waals surface area contributed by atoms with Gasteiger partial charge in [0.05, 0.1) is 5.41 Å². The van der Waals surface area contributed by atoms with Gasteiger partial charge in [-0.2, -0.15) is 0 Å². The highest BCUT2D eigenvalue weighted by Crippen LogP contribution is 2.78. The molecule has 2 aliphatic rings. The number of para-hydroxylation sites is 1. The smallest absolute Gasteiger partial charge is 0.328 e. The van der Waals surface area contributed by atoms with Crippen molar-refractivity contribution in [2.75, 3.05) is 13.1 Å². The van der Waals surface area contributed by atoms with E-state index in [0.717, 1.165) is 0 Å². The van der Waals surface area contributed by atoms with Crippen LogP contribution in [0.5, 0.6) is 5.75 Å². The SMILES string of the molecule is CCN(CC)C(=O)[C@]12C(=O)Oc3ccccc3[C@H]1[C@@]2(C)C(=O)c1ccc(F)cc1. The van der Waals surface area contributed by atoms with E-state index in [9.17, 15) is 18.8 Å². The van der Waals surface area contributed by atoms with Gasteiger partial charge in [0.15, 0.2) is 11.2 Å². The second-order valence-corrected chi connectivity index (χ2v) is 7.68. The highest BCUT2D eigenvalue weighted by molar-refractivity contribution is 6.21. The number of ketones is 1. The first-order valence-electron chi connectivity index (χ1n) is 9.74. The van der Waals surface area contributed by atoms with Gasteiger partial charge in [0.25, 0.3) is 0 Å². The fraction of sp³-hybridized carbons (Fsp3) is 0.348. The minimum absolute atomic E-state index is 0.264. The van der Waals surface area contributed by atoms with Crippen molar-refractivity contribution in [1.29, 1.82) is 0 Å². The van der Waals surface area contributed by atoms with Crippen molar-refractivity contribution in [1.82, 2.24) is 4.90 Å². The van der Waals surface area contributed by atoms with Gasteiger partial charge < -0.3 is 9.64 Å². The van der Waals surface area contributed by atoms with E-state index in [0.29, 0.717) is 24.4 Å². The molecular formula is C23H22FNO4. The van der Waals surface area contributed by atoms with E-state index in [2.05, 4.69) is 0 Å². The fourth-order valence-electron chi connectivity index (χ4n) is 4.89. The molecule has 1 heterocycles. The Morgan fingerprint density at radius 2 is 1.69 bits per heavy atom. The molecule has 2 aromatic carbocycles. The summed E-state index contributed by atoms with van der Waals surface area (Å²) < 4.78 is 18.9. The first-order chi connectivity index (χ1) is 13.8. The number of halogens is 1. The summed E-state index contributed by atoms with van der Waals surface area (Å²) in [7, 11) is 0. The van der Waals surface area contributed by atoms with Gasteiger partial charge in [0.2, 0.25) is 5.91 Å². The lowest BCUT2D eigenvalue weighted by Crippen LogP contribution is -2.47.